The lowest BCUT2D eigenvalue weighted by Gasteiger charge is -2.12. The van der Waals surface area contributed by atoms with E-state index < -0.39 is 0 Å². The van der Waals surface area contributed by atoms with Crippen molar-refractivity contribution in [2.24, 2.45) is 0 Å². The second kappa shape index (κ2) is 6.51. The Morgan fingerprint density at radius 2 is 2.07 bits per heavy atom. The average molecular weight is 338 g/mol. The van der Waals surface area contributed by atoms with Crippen LogP contribution in [0.1, 0.15) is 18.9 Å². The lowest BCUT2D eigenvalue weighted by molar-refractivity contribution is 0.286. The molecule has 0 aromatic heterocycles. The van der Waals surface area contributed by atoms with Crippen LogP contribution in [0.2, 0.25) is 0 Å². The molecule has 84 valence electrons. The highest BCUT2D eigenvalue weighted by molar-refractivity contribution is 9.11. The van der Waals surface area contributed by atoms with Gasteiger partial charge >= 0.3 is 0 Å². The van der Waals surface area contributed by atoms with Crippen molar-refractivity contribution >= 4 is 31.9 Å². The number of ether oxygens (including phenoxy) is 1. The molecular weight excluding hydrogens is 324 g/mol. The summed E-state index contributed by atoms with van der Waals surface area (Å²) in [5.41, 5.74) is 1.12. The molecule has 0 aliphatic carbocycles. The zero-order valence-electron chi connectivity index (χ0n) is 8.59. The summed E-state index contributed by atoms with van der Waals surface area (Å²) in [6.07, 6.45) is 1.58. The minimum Gasteiger partial charge on any atom is -0.492 e. The number of benzene rings is 1. The quantitative estimate of drug-likeness (QED) is 0.890. The highest BCUT2D eigenvalue weighted by atomic mass is 79.9. The largest absolute Gasteiger partial charge is 0.492 e. The van der Waals surface area contributed by atoms with Crippen LogP contribution in [0, 0.1) is 0 Å². The van der Waals surface area contributed by atoms with Crippen LogP contribution in [0.4, 0.5) is 0 Å². The molecule has 0 unspecified atom stereocenters. The summed E-state index contributed by atoms with van der Waals surface area (Å²) < 4.78 is 7.54. The van der Waals surface area contributed by atoms with Crippen molar-refractivity contribution in [3.05, 3.63) is 26.6 Å². The molecule has 0 aliphatic heterocycles. The van der Waals surface area contributed by atoms with Gasteiger partial charge < -0.3 is 9.84 Å². The van der Waals surface area contributed by atoms with Crippen LogP contribution in [-0.2, 0) is 6.42 Å². The van der Waals surface area contributed by atoms with E-state index in [0.29, 0.717) is 6.61 Å². The SMILES string of the molecule is CCOc1c(Br)cc(Br)cc1CCCO. The molecule has 1 rings (SSSR count). The molecule has 15 heavy (non-hydrogen) atoms. The van der Waals surface area contributed by atoms with E-state index in [1.54, 1.807) is 0 Å². The molecular formula is C11H14Br2O2. The van der Waals surface area contributed by atoms with Crippen molar-refractivity contribution in [3.63, 3.8) is 0 Å². The molecule has 0 aliphatic rings. The van der Waals surface area contributed by atoms with Crippen LogP contribution in [0.5, 0.6) is 5.75 Å². The number of hydrogen-bond acceptors (Lipinski definition) is 2. The lowest BCUT2D eigenvalue weighted by Crippen LogP contribution is -1.99. The van der Waals surface area contributed by atoms with Crippen LogP contribution in [0.15, 0.2) is 21.1 Å². The summed E-state index contributed by atoms with van der Waals surface area (Å²) in [5.74, 6) is 0.883. The summed E-state index contributed by atoms with van der Waals surface area (Å²) in [6.45, 7) is 2.81. The van der Waals surface area contributed by atoms with Crippen molar-refractivity contribution < 1.29 is 9.84 Å². The number of aliphatic hydroxyl groups excluding tert-OH is 1. The smallest absolute Gasteiger partial charge is 0.136 e. The maximum Gasteiger partial charge on any atom is 0.136 e. The van der Waals surface area contributed by atoms with Crippen LogP contribution in [0.3, 0.4) is 0 Å². The third-order valence-corrected chi connectivity index (χ3v) is 3.03. The topological polar surface area (TPSA) is 29.5 Å². The summed E-state index contributed by atoms with van der Waals surface area (Å²) in [6, 6.07) is 4.00. The third kappa shape index (κ3) is 3.78. The van der Waals surface area contributed by atoms with E-state index >= 15 is 0 Å². The Balaban J connectivity index is 2.97. The van der Waals surface area contributed by atoms with Gasteiger partial charge in [-0.25, -0.2) is 0 Å². The normalized spacial score (nSPS) is 10.4. The fraction of sp³-hybridized carbons (Fsp3) is 0.455. The van der Waals surface area contributed by atoms with Crippen molar-refractivity contribution in [2.45, 2.75) is 19.8 Å². The van der Waals surface area contributed by atoms with Gasteiger partial charge in [0.2, 0.25) is 0 Å². The Kier molecular flexibility index (Phi) is 5.64. The van der Waals surface area contributed by atoms with Gasteiger partial charge in [0.1, 0.15) is 5.75 Å². The number of aryl methyl sites for hydroxylation is 1. The highest BCUT2D eigenvalue weighted by Crippen LogP contribution is 2.33. The van der Waals surface area contributed by atoms with Crippen molar-refractivity contribution in [1.29, 1.82) is 0 Å². The first-order valence-electron chi connectivity index (χ1n) is 4.90. The maximum atomic E-state index is 8.82. The first kappa shape index (κ1) is 13.0. The van der Waals surface area contributed by atoms with Crippen LogP contribution in [0.25, 0.3) is 0 Å². The Bertz CT molecular complexity index is 327. The summed E-state index contributed by atoms with van der Waals surface area (Å²) in [7, 11) is 0. The highest BCUT2D eigenvalue weighted by Gasteiger charge is 2.09. The van der Waals surface area contributed by atoms with Gasteiger partial charge in [-0.1, -0.05) is 15.9 Å². The molecule has 0 fully saturated rings. The van der Waals surface area contributed by atoms with Gasteiger partial charge in [0.15, 0.2) is 0 Å². The van der Waals surface area contributed by atoms with Crippen molar-refractivity contribution in [1.82, 2.24) is 0 Å². The van der Waals surface area contributed by atoms with Crippen molar-refractivity contribution in [2.75, 3.05) is 13.2 Å². The van der Waals surface area contributed by atoms with Gasteiger partial charge in [-0.3, -0.25) is 0 Å². The van der Waals surface area contributed by atoms with Gasteiger partial charge in [-0.15, -0.1) is 0 Å². The van der Waals surface area contributed by atoms with E-state index in [2.05, 4.69) is 31.9 Å². The maximum absolute atomic E-state index is 8.82. The fourth-order valence-electron chi connectivity index (χ4n) is 1.37. The van der Waals surface area contributed by atoms with Gasteiger partial charge in [0.25, 0.3) is 0 Å². The molecule has 0 atom stereocenters. The van der Waals surface area contributed by atoms with Crippen LogP contribution < -0.4 is 4.74 Å². The minimum atomic E-state index is 0.204. The zero-order chi connectivity index (χ0) is 11.3. The van der Waals surface area contributed by atoms with E-state index in [-0.39, 0.29) is 6.61 Å². The Hall–Kier alpha value is -0.0600. The standard InChI is InChI=1S/C11H14Br2O2/c1-2-15-11-8(4-3-5-14)6-9(12)7-10(11)13/h6-7,14H,2-5H2,1H3. The minimum absolute atomic E-state index is 0.204. The van der Waals surface area contributed by atoms with E-state index in [1.807, 2.05) is 19.1 Å². The van der Waals surface area contributed by atoms with E-state index in [4.69, 9.17) is 9.84 Å². The first-order chi connectivity index (χ1) is 7.19. The second-order valence-corrected chi connectivity index (χ2v) is 4.91. The lowest BCUT2D eigenvalue weighted by atomic mass is 10.1. The predicted molar refractivity (Wildman–Crippen MR) is 68.4 cm³/mol. The molecule has 2 nitrogen and oxygen atoms in total. The molecule has 4 heteroatoms. The molecule has 0 saturated heterocycles. The summed E-state index contributed by atoms with van der Waals surface area (Å²) >= 11 is 6.92. The van der Waals surface area contributed by atoms with E-state index in [0.717, 1.165) is 33.1 Å². The molecule has 1 aromatic carbocycles. The Morgan fingerprint density at radius 3 is 2.67 bits per heavy atom. The summed E-state index contributed by atoms with van der Waals surface area (Å²) in [4.78, 5) is 0. The number of rotatable bonds is 5. The monoisotopic (exact) mass is 336 g/mol. The molecule has 0 radical (unpaired) electrons. The molecule has 1 aromatic rings. The van der Waals surface area contributed by atoms with E-state index in [1.165, 1.54) is 0 Å². The molecule has 0 amide bonds. The van der Waals surface area contributed by atoms with Gasteiger partial charge in [0.05, 0.1) is 11.1 Å². The van der Waals surface area contributed by atoms with Crippen LogP contribution in [-0.4, -0.2) is 18.3 Å². The van der Waals surface area contributed by atoms with Gasteiger partial charge in [0, 0.05) is 11.1 Å². The van der Waals surface area contributed by atoms with E-state index in [9.17, 15) is 0 Å². The Labute approximate surface area is 107 Å². The average Bonchev–Trinajstić information content (AvgIpc) is 2.19. The molecule has 0 bridgehead atoms. The first-order valence-corrected chi connectivity index (χ1v) is 6.49. The number of aliphatic hydroxyl groups is 1. The summed E-state index contributed by atoms with van der Waals surface area (Å²) in [5, 5.41) is 8.82. The molecule has 0 spiro atoms. The fourth-order valence-corrected chi connectivity index (χ4v) is 2.80. The molecule has 1 N–H and O–H groups in total. The van der Waals surface area contributed by atoms with Gasteiger partial charge in [-0.2, -0.15) is 0 Å². The second-order valence-electron chi connectivity index (χ2n) is 3.14. The zero-order valence-corrected chi connectivity index (χ0v) is 11.8. The number of hydrogen-bond donors (Lipinski definition) is 1. The molecule has 0 heterocycles. The number of halogens is 2. The van der Waals surface area contributed by atoms with Crippen molar-refractivity contribution in [3.8, 4) is 5.75 Å². The molecule has 0 saturated carbocycles. The van der Waals surface area contributed by atoms with Gasteiger partial charge in [-0.05, 0) is 53.4 Å². The predicted octanol–water partition coefficient (Wildman–Crippen LogP) is 3.54. The Morgan fingerprint density at radius 1 is 1.33 bits per heavy atom. The third-order valence-electron chi connectivity index (χ3n) is 1.98. The van der Waals surface area contributed by atoms with Crippen LogP contribution >= 0.6 is 31.9 Å².